The van der Waals surface area contributed by atoms with Crippen LogP contribution in [0.1, 0.15) is 17.9 Å². The number of nitrogens with zero attached hydrogens (tertiary/aromatic N) is 3. The molecule has 0 amide bonds. The number of rotatable bonds is 11. The first-order valence-electron chi connectivity index (χ1n) is 10.2. The Balaban J connectivity index is 1.29. The maximum absolute atomic E-state index is 10.9. The molecule has 0 unspecified atom stereocenters. The number of hydrogen-bond donors (Lipinski definition) is 1. The number of nitro benzene ring substituents is 1. The van der Waals surface area contributed by atoms with Gasteiger partial charge in [-0.05, 0) is 42.8 Å². The predicted molar refractivity (Wildman–Crippen MR) is 117 cm³/mol. The van der Waals surface area contributed by atoms with Gasteiger partial charge in [0.05, 0.1) is 17.6 Å². The Morgan fingerprint density at radius 2 is 2.00 bits per heavy atom. The summed E-state index contributed by atoms with van der Waals surface area (Å²) >= 11 is 0. The summed E-state index contributed by atoms with van der Waals surface area (Å²) in [4.78, 5) is 19.0. The van der Waals surface area contributed by atoms with Crippen LogP contribution in [0.25, 0.3) is 11.1 Å². The third-order valence-corrected chi connectivity index (χ3v) is 4.62. The highest BCUT2D eigenvalue weighted by Crippen LogP contribution is 2.27. The van der Waals surface area contributed by atoms with E-state index in [1.165, 1.54) is 12.1 Å². The van der Waals surface area contributed by atoms with E-state index in [-0.39, 0.29) is 12.3 Å². The van der Waals surface area contributed by atoms with Gasteiger partial charge in [0.25, 0.3) is 5.69 Å². The molecule has 0 saturated heterocycles. The van der Waals surface area contributed by atoms with E-state index in [9.17, 15) is 10.1 Å². The molecule has 0 atom stereocenters. The number of nitro groups is 1. The molecule has 32 heavy (non-hydrogen) atoms. The lowest BCUT2D eigenvalue weighted by Gasteiger charge is -2.07. The summed E-state index contributed by atoms with van der Waals surface area (Å²) in [6.07, 6.45) is 4.43. The lowest BCUT2D eigenvalue weighted by Crippen LogP contribution is -2.17. The summed E-state index contributed by atoms with van der Waals surface area (Å²) in [6.45, 7) is 2.16. The molecule has 164 valence electrons. The number of non-ortho nitro benzene ring substituents is 1. The van der Waals surface area contributed by atoms with Gasteiger partial charge in [0.1, 0.15) is 11.5 Å². The van der Waals surface area contributed by atoms with E-state index in [1.807, 2.05) is 36.5 Å². The highest BCUT2D eigenvalue weighted by molar-refractivity contribution is 5.79. The summed E-state index contributed by atoms with van der Waals surface area (Å²) in [7, 11) is 0. The molecule has 2 aromatic heterocycles. The molecule has 2 heterocycles. The molecule has 0 fully saturated rings. The number of ether oxygens (including phenoxy) is 2. The minimum atomic E-state index is -0.468. The second-order valence-corrected chi connectivity index (χ2v) is 6.99. The third-order valence-electron chi connectivity index (χ3n) is 4.62. The highest BCUT2D eigenvalue weighted by atomic mass is 16.6. The van der Waals surface area contributed by atoms with Crippen LogP contribution in [0.5, 0.6) is 11.5 Å². The second kappa shape index (κ2) is 10.4. The zero-order valence-corrected chi connectivity index (χ0v) is 17.3. The van der Waals surface area contributed by atoms with Crippen molar-refractivity contribution in [1.82, 2.24) is 15.3 Å². The van der Waals surface area contributed by atoms with E-state index in [0.29, 0.717) is 35.1 Å². The highest BCUT2D eigenvalue weighted by Gasteiger charge is 2.12. The van der Waals surface area contributed by atoms with Crippen molar-refractivity contribution in [2.45, 2.75) is 19.6 Å². The molecule has 0 aliphatic heterocycles. The number of para-hydroxylation sites is 1. The minimum absolute atomic E-state index is 0.0364. The van der Waals surface area contributed by atoms with Crippen molar-refractivity contribution in [3.05, 3.63) is 88.6 Å². The number of benzene rings is 2. The summed E-state index contributed by atoms with van der Waals surface area (Å²) < 4.78 is 17.2. The van der Waals surface area contributed by atoms with Gasteiger partial charge in [-0.25, -0.2) is 4.98 Å². The van der Waals surface area contributed by atoms with Crippen molar-refractivity contribution < 1.29 is 18.8 Å². The van der Waals surface area contributed by atoms with Crippen LogP contribution in [0.2, 0.25) is 0 Å². The molecule has 0 spiro atoms. The number of hydrogen-bond acceptors (Lipinski definition) is 8. The Morgan fingerprint density at radius 3 is 2.84 bits per heavy atom. The van der Waals surface area contributed by atoms with Gasteiger partial charge >= 0.3 is 0 Å². The second-order valence-electron chi connectivity index (χ2n) is 6.99. The predicted octanol–water partition coefficient (Wildman–Crippen LogP) is 4.27. The SMILES string of the molecule is O=[N+]([O-])c1cccc(OCc2nc3c(OCCCNCc4cccnc4)cccc3o2)c1. The van der Waals surface area contributed by atoms with Crippen LogP contribution in [0, 0.1) is 10.1 Å². The van der Waals surface area contributed by atoms with Crippen LogP contribution >= 0.6 is 0 Å². The van der Waals surface area contributed by atoms with E-state index in [1.54, 1.807) is 18.3 Å². The maximum atomic E-state index is 10.9. The monoisotopic (exact) mass is 434 g/mol. The Kier molecular flexibility index (Phi) is 6.88. The molecular formula is C23H22N4O5. The molecule has 0 aliphatic carbocycles. The smallest absolute Gasteiger partial charge is 0.273 e. The summed E-state index contributed by atoms with van der Waals surface area (Å²) in [5.41, 5.74) is 2.31. The van der Waals surface area contributed by atoms with Gasteiger partial charge in [-0.15, -0.1) is 0 Å². The minimum Gasteiger partial charge on any atom is -0.491 e. The van der Waals surface area contributed by atoms with Crippen molar-refractivity contribution in [3.63, 3.8) is 0 Å². The number of nitrogens with one attached hydrogen (secondary N) is 1. The topological polar surface area (TPSA) is 113 Å². The lowest BCUT2D eigenvalue weighted by molar-refractivity contribution is -0.384. The zero-order valence-electron chi connectivity index (χ0n) is 17.3. The fourth-order valence-corrected chi connectivity index (χ4v) is 3.09. The Morgan fingerprint density at radius 1 is 1.09 bits per heavy atom. The van der Waals surface area contributed by atoms with Gasteiger partial charge in [-0.2, -0.15) is 0 Å². The first-order chi connectivity index (χ1) is 15.7. The number of fused-ring (bicyclic) bond motifs is 1. The molecule has 0 bridgehead atoms. The van der Waals surface area contributed by atoms with E-state index in [0.717, 1.165) is 25.1 Å². The normalized spacial score (nSPS) is 10.9. The molecule has 4 aromatic rings. The van der Waals surface area contributed by atoms with E-state index >= 15 is 0 Å². The fraction of sp³-hybridized carbons (Fsp3) is 0.217. The van der Waals surface area contributed by atoms with Crippen molar-refractivity contribution >= 4 is 16.8 Å². The molecule has 9 nitrogen and oxygen atoms in total. The lowest BCUT2D eigenvalue weighted by atomic mass is 10.3. The van der Waals surface area contributed by atoms with Crippen molar-refractivity contribution in [1.29, 1.82) is 0 Å². The number of aromatic nitrogens is 2. The van der Waals surface area contributed by atoms with E-state index < -0.39 is 4.92 Å². The summed E-state index contributed by atoms with van der Waals surface area (Å²) in [6, 6.07) is 15.4. The quantitative estimate of drug-likeness (QED) is 0.212. The van der Waals surface area contributed by atoms with Gasteiger partial charge in [0, 0.05) is 25.0 Å². The molecule has 4 rings (SSSR count). The first kappa shape index (κ1) is 21.3. The number of pyridine rings is 1. The van der Waals surface area contributed by atoms with Crippen LogP contribution in [-0.4, -0.2) is 28.0 Å². The molecule has 0 aliphatic rings. The van der Waals surface area contributed by atoms with Gasteiger partial charge in [0.15, 0.2) is 17.7 Å². The Bertz CT molecular complexity index is 1180. The van der Waals surface area contributed by atoms with Crippen LogP contribution in [-0.2, 0) is 13.2 Å². The van der Waals surface area contributed by atoms with Gasteiger partial charge in [-0.3, -0.25) is 15.1 Å². The summed E-state index contributed by atoms with van der Waals surface area (Å²) in [5, 5.41) is 14.3. The standard InChI is InChI=1S/C23H22N4O5/c28-27(29)18-6-1-7-19(13-18)31-16-22-26-23-20(8-2-9-21(23)32-22)30-12-4-11-25-15-17-5-3-10-24-14-17/h1-3,5-10,13-14,25H,4,11-12,15-16H2. The van der Waals surface area contributed by atoms with Crippen LogP contribution in [0.15, 0.2) is 71.4 Å². The van der Waals surface area contributed by atoms with Crippen molar-refractivity contribution in [2.24, 2.45) is 0 Å². The van der Waals surface area contributed by atoms with Crippen LogP contribution in [0.4, 0.5) is 5.69 Å². The first-order valence-corrected chi connectivity index (χ1v) is 10.2. The maximum Gasteiger partial charge on any atom is 0.273 e. The molecule has 0 saturated carbocycles. The van der Waals surface area contributed by atoms with Crippen LogP contribution in [0.3, 0.4) is 0 Å². The molecule has 0 radical (unpaired) electrons. The fourth-order valence-electron chi connectivity index (χ4n) is 3.09. The average molecular weight is 434 g/mol. The van der Waals surface area contributed by atoms with Crippen LogP contribution < -0.4 is 14.8 Å². The molecule has 1 N–H and O–H groups in total. The molecule has 9 heteroatoms. The average Bonchev–Trinajstić information content (AvgIpc) is 3.25. The molecule has 2 aromatic carbocycles. The summed E-state index contributed by atoms with van der Waals surface area (Å²) in [5.74, 6) is 1.37. The zero-order chi connectivity index (χ0) is 22.2. The van der Waals surface area contributed by atoms with E-state index in [2.05, 4.69) is 15.3 Å². The Hall–Kier alpha value is -3.98. The van der Waals surface area contributed by atoms with E-state index in [4.69, 9.17) is 13.9 Å². The Labute approximate surface area is 184 Å². The molecular weight excluding hydrogens is 412 g/mol. The van der Waals surface area contributed by atoms with Gasteiger partial charge in [0.2, 0.25) is 5.89 Å². The largest absolute Gasteiger partial charge is 0.491 e. The van der Waals surface area contributed by atoms with Gasteiger partial charge in [-0.1, -0.05) is 18.2 Å². The number of oxazole rings is 1. The third kappa shape index (κ3) is 5.58. The van der Waals surface area contributed by atoms with Gasteiger partial charge < -0.3 is 19.2 Å². The van der Waals surface area contributed by atoms with Crippen molar-refractivity contribution in [2.75, 3.05) is 13.2 Å². The van der Waals surface area contributed by atoms with Crippen molar-refractivity contribution in [3.8, 4) is 11.5 Å².